The molecule has 2 fully saturated rings. The molecule has 3 atom stereocenters. The standard InChI is InChI=1S/C16H17N3O6/c1-9(20)18-7-11-13(15(22)19(11)14(18)16(23)24)17-12(21)8-25-10-5-3-2-4-6-10/h2-6,11,13-14H,7-8H2,1H3,(H,17,21)(H,23,24)/t11?,13-,14?/m0/s1. The SMILES string of the molecule is CC(=O)N1CC2[C@H](NC(=O)COc3ccccc3)C(=O)N2C1C(=O)O. The number of hydrogen-bond acceptors (Lipinski definition) is 5. The van der Waals surface area contributed by atoms with E-state index in [1.165, 1.54) is 6.92 Å². The first-order chi connectivity index (χ1) is 11.9. The lowest BCUT2D eigenvalue weighted by atomic mass is 9.96. The molecule has 0 spiro atoms. The van der Waals surface area contributed by atoms with Gasteiger partial charge >= 0.3 is 5.97 Å². The lowest BCUT2D eigenvalue weighted by Crippen LogP contribution is -2.71. The third kappa shape index (κ3) is 3.00. The van der Waals surface area contributed by atoms with Crippen LogP contribution in [-0.4, -0.2) is 70.0 Å². The summed E-state index contributed by atoms with van der Waals surface area (Å²) in [6, 6.07) is 7.35. The number of carbonyl (C=O) groups is 4. The fraction of sp³-hybridized carbons (Fsp3) is 0.375. The van der Waals surface area contributed by atoms with Gasteiger partial charge in [-0.2, -0.15) is 0 Å². The van der Waals surface area contributed by atoms with Crippen molar-refractivity contribution >= 4 is 23.7 Å². The van der Waals surface area contributed by atoms with E-state index in [9.17, 15) is 24.3 Å². The van der Waals surface area contributed by atoms with E-state index in [1.54, 1.807) is 24.3 Å². The molecule has 0 bridgehead atoms. The van der Waals surface area contributed by atoms with Crippen LogP contribution in [-0.2, 0) is 19.2 Å². The molecule has 0 radical (unpaired) electrons. The van der Waals surface area contributed by atoms with Gasteiger partial charge in [0, 0.05) is 13.5 Å². The van der Waals surface area contributed by atoms with E-state index in [0.29, 0.717) is 5.75 Å². The molecule has 2 saturated heterocycles. The number of rotatable bonds is 5. The van der Waals surface area contributed by atoms with E-state index in [4.69, 9.17) is 4.74 Å². The highest BCUT2D eigenvalue weighted by Gasteiger charge is 2.60. The number of carboxylic acid groups (broad SMARTS) is 1. The van der Waals surface area contributed by atoms with Crippen LogP contribution in [0.5, 0.6) is 5.75 Å². The van der Waals surface area contributed by atoms with E-state index < -0.39 is 41.9 Å². The molecule has 3 rings (SSSR count). The van der Waals surface area contributed by atoms with Gasteiger partial charge in [0.1, 0.15) is 11.8 Å². The zero-order valence-corrected chi connectivity index (χ0v) is 13.4. The van der Waals surface area contributed by atoms with Gasteiger partial charge in [-0.1, -0.05) is 18.2 Å². The summed E-state index contributed by atoms with van der Waals surface area (Å²) < 4.78 is 5.31. The molecule has 2 N–H and O–H groups in total. The molecule has 132 valence electrons. The average Bonchev–Trinajstić information content (AvgIpc) is 2.95. The van der Waals surface area contributed by atoms with Gasteiger partial charge in [-0.25, -0.2) is 4.79 Å². The van der Waals surface area contributed by atoms with E-state index >= 15 is 0 Å². The smallest absolute Gasteiger partial charge is 0.347 e. The molecule has 2 aliphatic heterocycles. The van der Waals surface area contributed by atoms with Crippen LogP contribution in [0.3, 0.4) is 0 Å². The molecule has 0 saturated carbocycles. The third-order valence-electron chi connectivity index (χ3n) is 4.26. The highest BCUT2D eigenvalue weighted by molar-refractivity contribution is 5.98. The number of ether oxygens (including phenoxy) is 1. The second kappa shape index (κ2) is 6.42. The molecule has 9 heteroatoms. The van der Waals surface area contributed by atoms with Crippen LogP contribution in [0, 0.1) is 0 Å². The predicted octanol–water partition coefficient (Wildman–Crippen LogP) is -0.966. The van der Waals surface area contributed by atoms with Crippen molar-refractivity contribution in [3.8, 4) is 5.75 Å². The number of aliphatic carboxylic acids is 1. The largest absolute Gasteiger partial charge is 0.484 e. The monoisotopic (exact) mass is 347 g/mol. The van der Waals surface area contributed by atoms with Crippen LogP contribution in [0.15, 0.2) is 30.3 Å². The Morgan fingerprint density at radius 1 is 1.28 bits per heavy atom. The van der Waals surface area contributed by atoms with E-state index in [0.717, 1.165) is 9.80 Å². The highest BCUT2D eigenvalue weighted by atomic mass is 16.5. The summed E-state index contributed by atoms with van der Waals surface area (Å²) in [6.07, 6.45) is -1.32. The van der Waals surface area contributed by atoms with Gasteiger partial charge in [0.15, 0.2) is 6.61 Å². The first kappa shape index (κ1) is 16.7. The van der Waals surface area contributed by atoms with Crippen molar-refractivity contribution in [2.24, 2.45) is 0 Å². The number of fused-ring (bicyclic) bond motifs is 1. The maximum absolute atomic E-state index is 12.2. The summed E-state index contributed by atoms with van der Waals surface area (Å²) in [5.74, 6) is -2.20. The minimum absolute atomic E-state index is 0.0720. The van der Waals surface area contributed by atoms with Gasteiger partial charge in [-0.05, 0) is 12.1 Å². The molecule has 0 aromatic heterocycles. The number of benzene rings is 1. The predicted molar refractivity (Wildman–Crippen MR) is 83.3 cm³/mol. The van der Waals surface area contributed by atoms with Crippen molar-refractivity contribution in [3.63, 3.8) is 0 Å². The molecule has 2 heterocycles. The van der Waals surface area contributed by atoms with Crippen LogP contribution in [0.25, 0.3) is 0 Å². The zero-order valence-electron chi connectivity index (χ0n) is 13.4. The van der Waals surface area contributed by atoms with Crippen LogP contribution < -0.4 is 10.1 Å². The van der Waals surface area contributed by atoms with Crippen LogP contribution in [0.4, 0.5) is 0 Å². The summed E-state index contributed by atoms with van der Waals surface area (Å²) in [6.45, 7) is 1.05. The normalized spacial score (nSPS) is 24.4. The van der Waals surface area contributed by atoms with Gasteiger partial charge in [-0.15, -0.1) is 0 Å². The fourth-order valence-corrected chi connectivity index (χ4v) is 3.11. The summed E-state index contributed by atoms with van der Waals surface area (Å²) in [5.41, 5.74) is 0. The second-order valence-electron chi connectivity index (χ2n) is 5.84. The molecule has 1 aromatic carbocycles. The minimum Gasteiger partial charge on any atom is -0.484 e. The average molecular weight is 347 g/mol. The minimum atomic E-state index is -1.32. The molecule has 9 nitrogen and oxygen atoms in total. The number of para-hydroxylation sites is 1. The fourth-order valence-electron chi connectivity index (χ4n) is 3.11. The molecule has 1 aromatic rings. The number of carbonyl (C=O) groups excluding carboxylic acids is 3. The first-order valence-electron chi connectivity index (χ1n) is 7.69. The number of hydrogen-bond donors (Lipinski definition) is 2. The Kier molecular flexibility index (Phi) is 4.30. The number of carboxylic acids is 1. The van der Waals surface area contributed by atoms with E-state index in [1.807, 2.05) is 6.07 Å². The molecule has 2 aliphatic rings. The Hall–Kier alpha value is -3.10. The van der Waals surface area contributed by atoms with Gasteiger partial charge in [0.05, 0.1) is 6.04 Å². The van der Waals surface area contributed by atoms with Gasteiger partial charge in [-0.3, -0.25) is 14.4 Å². The van der Waals surface area contributed by atoms with Crippen molar-refractivity contribution in [1.82, 2.24) is 15.1 Å². The lowest BCUT2D eigenvalue weighted by molar-refractivity contribution is -0.166. The van der Waals surface area contributed by atoms with Crippen molar-refractivity contribution in [2.45, 2.75) is 25.2 Å². The van der Waals surface area contributed by atoms with E-state index in [-0.39, 0.29) is 13.2 Å². The van der Waals surface area contributed by atoms with Crippen molar-refractivity contribution < 1.29 is 29.0 Å². The Bertz CT molecular complexity index is 722. The quantitative estimate of drug-likeness (QED) is 0.662. The summed E-state index contributed by atoms with van der Waals surface area (Å²) in [7, 11) is 0. The summed E-state index contributed by atoms with van der Waals surface area (Å²) >= 11 is 0. The van der Waals surface area contributed by atoms with Gasteiger partial charge in [0.2, 0.25) is 18.0 Å². The number of nitrogens with zero attached hydrogens (tertiary/aromatic N) is 2. The summed E-state index contributed by atoms with van der Waals surface area (Å²) in [5, 5.41) is 11.8. The molecule has 3 amide bonds. The Morgan fingerprint density at radius 3 is 2.56 bits per heavy atom. The maximum atomic E-state index is 12.2. The Labute approximate surface area is 143 Å². The highest BCUT2D eigenvalue weighted by Crippen LogP contribution is 2.32. The Morgan fingerprint density at radius 2 is 1.96 bits per heavy atom. The van der Waals surface area contributed by atoms with Crippen molar-refractivity contribution in [3.05, 3.63) is 30.3 Å². The maximum Gasteiger partial charge on any atom is 0.347 e. The number of β-lactam (4-membered cyclic amide) rings is 1. The molecule has 2 unspecified atom stereocenters. The zero-order chi connectivity index (χ0) is 18.1. The van der Waals surface area contributed by atoms with Gasteiger partial charge < -0.3 is 25.0 Å². The van der Waals surface area contributed by atoms with Gasteiger partial charge in [0.25, 0.3) is 5.91 Å². The Balaban J connectivity index is 1.60. The first-order valence-corrected chi connectivity index (χ1v) is 7.69. The van der Waals surface area contributed by atoms with E-state index in [2.05, 4.69) is 5.32 Å². The number of amides is 3. The van der Waals surface area contributed by atoms with Crippen LogP contribution in [0.1, 0.15) is 6.92 Å². The molecular formula is C16H17N3O6. The summed E-state index contributed by atoms with van der Waals surface area (Å²) in [4.78, 5) is 49.3. The number of nitrogens with one attached hydrogen (secondary N) is 1. The van der Waals surface area contributed by atoms with Crippen LogP contribution in [0.2, 0.25) is 0 Å². The lowest BCUT2D eigenvalue weighted by Gasteiger charge is -2.43. The molecule has 25 heavy (non-hydrogen) atoms. The van der Waals surface area contributed by atoms with Crippen LogP contribution >= 0.6 is 0 Å². The van der Waals surface area contributed by atoms with Crippen molar-refractivity contribution in [2.75, 3.05) is 13.2 Å². The topological polar surface area (TPSA) is 116 Å². The molecule has 0 aliphatic carbocycles. The van der Waals surface area contributed by atoms with Crippen molar-refractivity contribution in [1.29, 1.82) is 0 Å². The molecular weight excluding hydrogens is 330 g/mol. The third-order valence-corrected chi connectivity index (χ3v) is 4.26. The second-order valence-corrected chi connectivity index (χ2v) is 5.84.